The molecule has 0 saturated carbocycles. The average molecular weight is 373 g/mol. The molecule has 128 valence electrons. The van der Waals surface area contributed by atoms with Crippen molar-refractivity contribution in [1.29, 1.82) is 0 Å². The molecule has 24 heavy (non-hydrogen) atoms. The van der Waals surface area contributed by atoms with E-state index in [0.717, 1.165) is 12.1 Å². The molecule has 6 nitrogen and oxygen atoms in total. The van der Waals surface area contributed by atoms with Gasteiger partial charge in [0.2, 0.25) is 15.9 Å². The number of hydrogen-bond donors (Lipinski definition) is 0. The number of ether oxygens (including phenoxy) is 2. The standard InChI is InChI=1S/C15H14ClFN2O4S/c1-22-13-5-4-10(17)7-14(13)24(20,21)19-8-11(9-19)23-15-12(16)3-2-6-18-15/h2-7,11H,8-9H2,1H3. The molecule has 0 bridgehead atoms. The molecule has 0 unspecified atom stereocenters. The molecule has 0 aliphatic carbocycles. The Labute approximate surface area is 143 Å². The van der Waals surface area contributed by atoms with E-state index in [1.165, 1.54) is 23.7 Å². The average Bonchev–Trinajstić information content (AvgIpc) is 2.51. The Bertz CT molecular complexity index is 856. The van der Waals surface area contributed by atoms with Crippen LogP contribution in [-0.2, 0) is 10.0 Å². The summed E-state index contributed by atoms with van der Waals surface area (Å²) in [5, 5.41) is 0.352. The molecule has 0 N–H and O–H groups in total. The molecule has 1 aromatic carbocycles. The van der Waals surface area contributed by atoms with Gasteiger partial charge in [-0.1, -0.05) is 11.6 Å². The molecule has 1 aromatic heterocycles. The molecule has 2 heterocycles. The molecule has 1 aliphatic rings. The van der Waals surface area contributed by atoms with Gasteiger partial charge in [-0.2, -0.15) is 4.31 Å². The highest BCUT2D eigenvalue weighted by molar-refractivity contribution is 7.89. The van der Waals surface area contributed by atoms with Crippen molar-refractivity contribution < 1.29 is 22.3 Å². The van der Waals surface area contributed by atoms with Gasteiger partial charge in [-0.3, -0.25) is 0 Å². The van der Waals surface area contributed by atoms with E-state index in [-0.39, 0.29) is 35.7 Å². The number of halogens is 2. The van der Waals surface area contributed by atoms with Crippen molar-refractivity contribution in [3.05, 3.63) is 47.4 Å². The highest BCUT2D eigenvalue weighted by atomic mass is 35.5. The largest absolute Gasteiger partial charge is 0.495 e. The smallest absolute Gasteiger partial charge is 0.247 e. The van der Waals surface area contributed by atoms with E-state index in [0.29, 0.717) is 5.02 Å². The minimum atomic E-state index is -3.87. The van der Waals surface area contributed by atoms with E-state index in [2.05, 4.69) is 4.98 Å². The minimum absolute atomic E-state index is 0.0912. The lowest BCUT2D eigenvalue weighted by Crippen LogP contribution is -2.56. The fourth-order valence-electron chi connectivity index (χ4n) is 2.28. The van der Waals surface area contributed by atoms with Gasteiger partial charge in [0.25, 0.3) is 0 Å². The third-order valence-corrected chi connectivity index (χ3v) is 5.70. The van der Waals surface area contributed by atoms with Crippen LogP contribution in [0.3, 0.4) is 0 Å². The zero-order valence-corrected chi connectivity index (χ0v) is 14.2. The number of rotatable bonds is 5. The second-order valence-corrected chi connectivity index (χ2v) is 7.46. The Morgan fingerprint density at radius 1 is 1.33 bits per heavy atom. The van der Waals surface area contributed by atoms with E-state index in [1.54, 1.807) is 12.1 Å². The van der Waals surface area contributed by atoms with Crippen LogP contribution in [0.1, 0.15) is 0 Å². The van der Waals surface area contributed by atoms with Crippen LogP contribution in [0.25, 0.3) is 0 Å². The van der Waals surface area contributed by atoms with E-state index >= 15 is 0 Å². The maximum absolute atomic E-state index is 13.4. The maximum Gasteiger partial charge on any atom is 0.247 e. The summed E-state index contributed by atoms with van der Waals surface area (Å²) in [6.07, 6.45) is 1.16. The van der Waals surface area contributed by atoms with Crippen molar-refractivity contribution in [3.8, 4) is 11.6 Å². The van der Waals surface area contributed by atoms with Gasteiger partial charge < -0.3 is 9.47 Å². The van der Waals surface area contributed by atoms with Gasteiger partial charge in [0.15, 0.2) is 0 Å². The number of aromatic nitrogens is 1. The van der Waals surface area contributed by atoms with Gasteiger partial charge in [0, 0.05) is 6.20 Å². The first-order valence-corrected chi connectivity index (χ1v) is 8.84. The summed E-state index contributed by atoms with van der Waals surface area (Å²) < 4.78 is 50.4. The molecule has 1 aliphatic heterocycles. The zero-order chi connectivity index (χ0) is 17.3. The van der Waals surface area contributed by atoms with E-state index < -0.39 is 15.8 Å². The number of hydrogen-bond acceptors (Lipinski definition) is 5. The van der Waals surface area contributed by atoms with Crippen molar-refractivity contribution >= 4 is 21.6 Å². The van der Waals surface area contributed by atoms with Crippen LogP contribution in [0.15, 0.2) is 41.4 Å². The van der Waals surface area contributed by atoms with Gasteiger partial charge in [-0.05, 0) is 30.3 Å². The molecule has 0 atom stereocenters. The lowest BCUT2D eigenvalue weighted by Gasteiger charge is -2.37. The number of pyridine rings is 1. The highest BCUT2D eigenvalue weighted by Gasteiger charge is 2.40. The molecule has 0 radical (unpaired) electrons. The van der Waals surface area contributed by atoms with E-state index in [4.69, 9.17) is 21.1 Å². The second-order valence-electron chi connectivity index (χ2n) is 5.15. The number of sulfonamides is 1. The van der Waals surface area contributed by atoms with Crippen LogP contribution < -0.4 is 9.47 Å². The fourth-order valence-corrected chi connectivity index (χ4v) is 4.11. The van der Waals surface area contributed by atoms with Crippen LogP contribution in [-0.4, -0.2) is 44.0 Å². The van der Waals surface area contributed by atoms with Gasteiger partial charge in [-0.15, -0.1) is 0 Å². The summed E-state index contributed by atoms with van der Waals surface area (Å²) >= 11 is 5.95. The number of methoxy groups -OCH3 is 1. The molecular weight excluding hydrogens is 359 g/mol. The summed E-state index contributed by atoms with van der Waals surface area (Å²) in [5.74, 6) is -0.305. The van der Waals surface area contributed by atoms with Gasteiger partial charge in [0.1, 0.15) is 27.6 Å². The SMILES string of the molecule is COc1ccc(F)cc1S(=O)(=O)N1CC(Oc2ncccc2Cl)C1. The maximum atomic E-state index is 13.4. The summed E-state index contributed by atoms with van der Waals surface area (Å²) in [4.78, 5) is 3.78. The fraction of sp³-hybridized carbons (Fsp3) is 0.267. The lowest BCUT2D eigenvalue weighted by atomic mass is 10.2. The van der Waals surface area contributed by atoms with Crippen molar-refractivity contribution in [2.45, 2.75) is 11.0 Å². The van der Waals surface area contributed by atoms with E-state index in [1.807, 2.05) is 0 Å². The molecule has 3 rings (SSSR count). The minimum Gasteiger partial charge on any atom is -0.495 e. The lowest BCUT2D eigenvalue weighted by molar-refractivity contribution is 0.0720. The van der Waals surface area contributed by atoms with Crippen LogP contribution in [0, 0.1) is 5.82 Å². The summed E-state index contributed by atoms with van der Waals surface area (Å²) in [5.41, 5.74) is 0. The quantitative estimate of drug-likeness (QED) is 0.805. The number of benzene rings is 1. The molecule has 0 spiro atoms. The molecule has 9 heteroatoms. The van der Waals surface area contributed by atoms with Crippen molar-refractivity contribution in [1.82, 2.24) is 9.29 Å². The summed E-state index contributed by atoms with van der Waals surface area (Å²) in [6, 6.07) is 6.67. The van der Waals surface area contributed by atoms with Crippen molar-refractivity contribution in [3.63, 3.8) is 0 Å². The summed E-state index contributed by atoms with van der Waals surface area (Å²) in [7, 11) is -2.54. The third-order valence-electron chi connectivity index (χ3n) is 3.56. The normalized spacial score (nSPS) is 15.8. The first-order valence-electron chi connectivity index (χ1n) is 7.02. The molecule has 2 aromatic rings. The van der Waals surface area contributed by atoms with Gasteiger partial charge in [-0.25, -0.2) is 17.8 Å². The predicted molar refractivity (Wildman–Crippen MR) is 85.4 cm³/mol. The van der Waals surface area contributed by atoms with Gasteiger partial charge >= 0.3 is 0 Å². The second kappa shape index (κ2) is 6.54. The zero-order valence-electron chi connectivity index (χ0n) is 12.6. The Hall–Kier alpha value is -1.90. The molecular formula is C15H14ClFN2O4S. The van der Waals surface area contributed by atoms with Crippen molar-refractivity contribution in [2.75, 3.05) is 20.2 Å². The van der Waals surface area contributed by atoms with Crippen molar-refractivity contribution in [2.24, 2.45) is 0 Å². The van der Waals surface area contributed by atoms with Crippen LogP contribution in [0.2, 0.25) is 5.02 Å². The van der Waals surface area contributed by atoms with Crippen LogP contribution in [0.4, 0.5) is 4.39 Å². The first-order chi connectivity index (χ1) is 11.4. The van der Waals surface area contributed by atoms with Crippen LogP contribution >= 0.6 is 11.6 Å². The Balaban J connectivity index is 1.73. The number of nitrogens with zero attached hydrogens (tertiary/aromatic N) is 2. The predicted octanol–water partition coefficient (Wildman–Crippen LogP) is 2.33. The third kappa shape index (κ3) is 3.17. The van der Waals surface area contributed by atoms with E-state index in [9.17, 15) is 12.8 Å². The van der Waals surface area contributed by atoms with Gasteiger partial charge in [0.05, 0.1) is 20.2 Å². The molecule has 1 fully saturated rings. The van der Waals surface area contributed by atoms with Crippen LogP contribution in [0.5, 0.6) is 11.6 Å². The Kier molecular flexibility index (Phi) is 4.62. The Morgan fingerprint density at radius 3 is 2.75 bits per heavy atom. The molecule has 1 saturated heterocycles. The Morgan fingerprint density at radius 2 is 2.08 bits per heavy atom. The summed E-state index contributed by atoms with van der Waals surface area (Å²) in [6.45, 7) is 0.240. The topological polar surface area (TPSA) is 68.7 Å². The first kappa shape index (κ1) is 16.9. The highest BCUT2D eigenvalue weighted by Crippen LogP contribution is 2.31. The molecule has 0 amide bonds. The monoisotopic (exact) mass is 372 g/mol.